The molecule has 97 heavy (non-hydrogen) atoms. The van der Waals surface area contributed by atoms with Crippen molar-refractivity contribution in [2.75, 3.05) is 39.6 Å². The average Bonchev–Trinajstić information content (AvgIpc) is 0.999. The number of esters is 4. The lowest BCUT2D eigenvalue weighted by Crippen LogP contribution is -2.30. The molecular formula is C78H152O17P2. The predicted octanol–water partition coefficient (Wildman–Crippen LogP) is 23.4. The van der Waals surface area contributed by atoms with E-state index in [1.165, 1.54) is 250 Å². The van der Waals surface area contributed by atoms with Crippen LogP contribution in [0.5, 0.6) is 0 Å². The quantitative estimate of drug-likeness (QED) is 0.0222. The van der Waals surface area contributed by atoms with Crippen molar-refractivity contribution in [2.24, 2.45) is 0 Å². The van der Waals surface area contributed by atoms with E-state index in [9.17, 15) is 43.2 Å². The highest BCUT2D eigenvalue weighted by Gasteiger charge is 2.30. The van der Waals surface area contributed by atoms with Crippen LogP contribution in [0.1, 0.15) is 419 Å². The fourth-order valence-electron chi connectivity index (χ4n) is 12.1. The van der Waals surface area contributed by atoms with Crippen LogP contribution in [-0.2, 0) is 65.4 Å². The standard InChI is InChI=1S/C78H152O17P2/c1-5-9-13-17-21-25-28-31-34-37-40-43-46-49-53-57-61-65-78(83)95-74(69-89-76(81)63-59-55-51-47-44-41-38-35-32-29-26-22-18-14-10-6-2)71-93-97(86,87)91-67-72(79)66-90-96(84,85)92-70-73(68-88-75(80)62-58-54-50-24-20-16-12-8-4)94-77(82)64-60-56-52-48-45-42-39-36-33-30-27-23-19-15-11-7-3/h72-74,79H,5-71H2,1-4H3,(H,84,85)(H,86,87)/t72-,73+,74+/m0/s1. The Labute approximate surface area is 594 Å². The predicted molar refractivity (Wildman–Crippen MR) is 395 cm³/mol. The Kier molecular flexibility index (Phi) is 71.0. The summed E-state index contributed by atoms with van der Waals surface area (Å²) in [4.78, 5) is 72.8. The van der Waals surface area contributed by atoms with E-state index in [2.05, 4.69) is 27.7 Å². The van der Waals surface area contributed by atoms with Crippen molar-refractivity contribution in [3.8, 4) is 0 Å². The zero-order valence-electron chi connectivity index (χ0n) is 63.1. The topological polar surface area (TPSA) is 237 Å². The summed E-state index contributed by atoms with van der Waals surface area (Å²) in [6.45, 7) is 4.99. The van der Waals surface area contributed by atoms with Crippen LogP contribution in [0, 0.1) is 0 Å². The summed E-state index contributed by atoms with van der Waals surface area (Å²) in [5.74, 6) is -2.11. The summed E-state index contributed by atoms with van der Waals surface area (Å²) in [5, 5.41) is 10.6. The van der Waals surface area contributed by atoms with Crippen molar-refractivity contribution >= 4 is 39.5 Å². The first-order valence-corrected chi connectivity index (χ1v) is 43.8. The van der Waals surface area contributed by atoms with Gasteiger partial charge in [0, 0.05) is 25.7 Å². The van der Waals surface area contributed by atoms with Gasteiger partial charge < -0.3 is 33.8 Å². The van der Waals surface area contributed by atoms with Gasteiger partial charge in [-0.2, -0.15) is 0 Å². The maximum Gasteiger partial charge on any atom is 0.472 e. The number of phosphoric ester groups is 2. The smallest absolute Gasteiger partial charge is 0.462 e. The van der Waals surface area contributed by atoms with Crippen LogP contribution in [0.2, 0.25) is 0 Å². The Morgan fingerprint density at radius 2 is 0.412 bits per heavy atom. The number of unbranched alkanes of at least 4 members (excludes halogenated alkanes) is 53. The lowest BCUT2D eigenvalue weighted by atomic mass is 10.0. The number of phosphoric acid groups is 2. The molecule has 17 nitrogen and oxygen atoms in total. The molecule has 576 valence electrons. The molecule has 0 aliphatic heterocycles. The second-order valence-electron chi connectivity index (χ2n) is 28.1. The Bertz CT molecular complexity index is 1840. The number of hydrogen-bond donors (Lipinski definition) is 3. The SMILES string of the molecule is CCCCCCCCCCCCCCCCCCCC(=O)O[C@H](COC(=O)CCCCCCCCCCCCCCCCCC)COP(=O)(O)OC[C@@H](O)COP(=O)(O)OC[C@@H](COC(=O)CCCCCCCCCC)OC(=O)CCCCCCCCCCCCCCCCCC. The van der Waals surface area contributed by atoms with E-state index in [4.69, 9.17) is 37.0 Å². The average molecular weight is 1420 g/mol. The third kappa shape index (κ3) is 72.2. The van der Waals surface area contributed by atoms with E-state index in [-0.39, 0.29) is 25.7 Å². The van der Waals surface area contributed by atoms with Gasteiger partial charge in [0.25, 0.3) is 0 Å². The molecule has 0 saturated carbocycles. The van der Waals surface area contributed by atoms with Gasteiger partial charge in [0.05, 0.1) is 26.4 Å². The molecule has 0 heterocycles. The monoisotopic (exact) mass is 1420 g/mol. The molecule has 0 bridgehead atoms. The van der Waals surface area contributed by atoms with Crippen molar-refractivity contribution in [3.63, 3.8) is 0 Å². The summed E-state index contributed by atoms with van der Waals surface area (Å²) in [5.41, 5.74) is 0. The number of carbonyl (C=O) groups is 4. The van der Waals surface area contributed by atoms with E-state index >= 15 is 0 Å². The van der Waals surface area contributed by atoms with Gasteiger partial charge in [-0.05, 0) is 25.7 Å². The molecule has 0 aromatic rings. The van der Waals surface area contributed by atoms with Crippen LogP contribution >= 0.6 is 15.6 Å². The molecule has 3 N–H and O–H groups in total. The summed E-state index contributed by atoms with van der Waals surface area (Å²) in [6.07, 6.45) is 63.8. The summed E-state index contributed by atoms with van der Waals surface area (Å²) in [7, 11) is -9.91. The van der Waals surface area contributed by atoms with Crippen molar-refractivity contribution in [2.45, 2.75) is 438 Å². The zero-order valence-corrected chi connectivity index (χ0v) is 64.8. The van der Waals surface area contributed by atoms with Gasteiger partial charge in [0.1, 0.15) is 19.3 Å². The van der Waals surface area contributed by atoms with Crippen LogP contribution < -0.4 is 0 Å². The first-order valence-electron chi connectivity index (χ1n) is 40.8. The molecule has 19 heteroatoms. The third-order valence-electron chi connectivity index (χ3n) is 18.4. The van der Waals surface area contributed by atoms with E-state index in [0.717, 1.165) is 89.9 Å². The Morgan fingerprint density at radius 3 is 0.608 bits per heavy atom. The molecule has 0 amide bonds. The minimum absolute atomic E-state index is 0.109. The molecule has 2 unspecified atom stereocenters. The minimum atomic E-state index is -4.96. The second-order valence-corrected chi connectivity index (χ2v) is 31.0. The first kappa shape index (κ1) is 95.1. The van der Waals surface area contributed by atoms with Crippen LogP contribution in [0.4, 0.5) is 0 Å². The molecule has 0 aliphatic rings. The van der Waals surface area contributed by atoms with E-state index in [1.807, 2.05) is 0 Å². The molecule has 0 aromatic carbocycles. The first-order chi connectivity index (χ1) is 47.2. The highest BCUT2D eigenvalue weighted by molar-refractivity contribution is 7.47. The lowest BCUT2D eigenvalue weighted by Gasteiger charge is -2.21. The number of ether oxygens (including phenoxy) is 4. The van der Waals surface area contributed by atoms with Gasteiger partial charge in [0.2, 0.25) is 0 Å². The maximum absolute atomic E-state index is 13.1. The largest absolute Gasteiger partial charge is 0.472 e. The summed E-state index contributed by atoms with van der Waals surface area (Å²) in [6, 6.07) is 0. The van der Waals surface area contributed by atoms with Gasteiger partial charge in [-0.1, -0.05) is 368 Å². The van der Waals surface area contributed by atoms with Gasteiger partial charge in [-0.25, -0.2) is 9.13 Å². The highest BCUT2D eigenvalue weighted by Crippen LogP contribution is 2.45. The number of carbonyl (C=O) groups excluding carboxylic acids is 4. The third-order valence-corrected chi connectivity index (χ3v) is 20.3. The van der Waals surface area contributed by atoms with Gasteiger partial charge in [-0.15, -0.1) is 0 Å². The van der Waals surface area contributed by atoms with Crippen molar-refractivity contribution in [1.82, 2.24) is 0 Å². The molecular weight excluding hydrogens is 1270 g/mol. The van der Waals surface area contributed by atoms with Gasteiger partial charge in [0.15, 0.2) is 12.2 Å². The molecule has 0 aromatic heterocycles. The molecule has 0 radical (unpaired) electrons. The molecule has 0 saturated heterocycles. The van der Waals surface area contributed by atoms with Crippen LogP contribution in [0.3, 0.4) is 0 Å². The van der Waals surface area contributed by atoms with Crippen molar-refractivity contribution in [1.29, 1.82) is 0 Å². The second kappa shape index (κ2) is 72.4. The Morgan fingerprint density at radius 1 is 0.247 bits per heavy atom. The summed E-state index contributed by atoms with van der Waals surface area (Å²) >= 11 is 0. The zero-order chi connectivity index (χ0) is 71.1. The summed E-state index contributed by atoms with van der Waals surface area (Å²) < 4.78 is 68.6. The molecule has 0 spiro atoms. The van der Waals surface area contributed by atoms with Crippen molar-refractivity contribution < 1.29 is 80.2 Å². The number of aliphatic hydroxyl groups is 1. The fraction of sp³-hybridized carbons (Fsp3) is 0.949. The Balaban J connectivity index is 5.20. The molecule has 5 atom stereocenters. The fourth-order valence-corrected chi connectivity index (χ4v) is 13.7. The van der Waals surface area contributed by atoms with Crippen LogP contribution in [0.15, 0.2) is 0 Å². The van der Waals surface area contributed by atoms with Crippen LogP contribution in [-0.4, -0.2) is 96.7 Å². The number of rotatable bonds is 79. The minimum Gasteiger partial charge on any atom is -0.462 e. The lowest BCUT2D eigenvalue weighted by molar-refractivity contribution is -0.161. The number of aliphatic hydroxyl groups excluding tert-OH is 1. The van der Waals surface area contributed by atoms with Gasteiger partial charge in [-0.3, -0.25) is 37.3 Å². The van der Waals surface area contributed by atoms with E-state index < -0.39 is 97.5 Å². The van der Waals surface area contributed by atoms with E-state index in [1.54, 1.807) is 0 Å². The highest BCUT2D eigenvalue weighted by atomic mass is 31.2. The maximum atomic E-state index is 13.1. The molecule has 0 fully saturated rings. The Hall–Kier alpha value is -1.94. The van der Waals surface area contributed by atoms with Gasteiger partial charge >= 0.3 is 39.5 Å². The molecule has 0 aliphatic carbocycles. The van der Waals surface area contributed by atoms with Crippen molar-refractivity contribution in [3.05, 3.63) is 0 Å². The number of hydrogen-bond acceptors (Lipinski definition) is 15. The molecule has 0 rings (SSSR count). The van der Waals surface area contributed by atoms with E-state index in [0.29, 0.717) is 25.7 Å². The normalized spacial score (nSPS) is 13.8. The van der Waals surface area contributed by atoms with Crippen LogP contribution in [0.25, 0.3) is 0 Å².